The van der Waals surface area contributed by atoms with Crippen molar-refractivity contribution in [1.82, 2.24) is 0 Å². The number of anilines is 1. The van der Waals surface area contributed by atoms with Crippen LogP contribution >= 0.6 is 0 Å². The van der Waals surface area contributed by atoms with E-state index in [-0.39, 0.29) is 5.97 Å². The average Bonchev–Trinajstić information content (AvgIpc) is 2.96. The minimum Gasteiger partial charge on any atom is -0.465 e. The fourth-order valence-electron chi connectivity index (χ4n) is 2.48. The number of ether oxygens (including phenoxy) is 2. The number of fused-ring (bicyclic) bond motifs is 1. The van der Waals surface area contributed by atoms with Gasteiger partial charge in [0.1, 0.15) is 11.5 Å². The molecule has 0 bridgehead atoms. The number of nitrogens with one attached hydrogen (secondary N) is 1. The average molecular weight is 283 g/mol. The fraction of sp³-hybridized carbons (Fsp3) is 0.235. The molecule has 0 fully saturated rings. The molecule has 1 N–H and O–H groups in total. The van der Waals surface area contributed by atoms with Crippen LogP contribution < -0.4 is 10.1 Å². The standard InChI is InChI=1S/C17H17NO3/c1-11-3-4-14(10-15(11)17(19)20-2)21-13-5-6-16-12(9-13)7-8-18-16/h3-6,9-10,18H,7-8H2,1-2H3. The lowest BCUT2D eigenvalue weighted by Crippen LogP contribution is -2.03. The van der Waals surface area contributed by atoms with Crippen LogP contribution in [0.15, 0.2) is 36.4 Å². The van der Waals surface area contributed by atoms with Gasteiger partial charge in [-0.25, -0.2) is 4.79 Å². The monoisotopic (exact) mass is 283 g/mol. The molecule has 0 radical (unpaired) electrons. The lowest BCUT2D eigenvalue weighted by Gasteiger charge is -2.10. The maximum absolute atomic E-state index is 11.7. The van der Waals surface area contributed by atoms with Crippen molar-refractivity contribution >= 4 is 11.7 Å². The van der Waals surface area contributed by atoms with Gasteiger partial charge in [-0.2, -0.15) is 0 Å². The summed E-state index contributed by atoms with van der Waals surface area (Å²) < 4.78 is 10.6. The summed E-state index contributed by atoms with van der Waals surface area (Å²) in [7, 11) is 1.38. The first-order valence-corrected chi connectivity index (χ1v) is 6.91. The zero-order chi connectivity index (χ0) is 14.8. The van der Waals surface area contributed by atoms with Crippen molar-refractivity contribution in [2.45, 2.75) is 13.3 Å². The van der Waals surface area contributed by atoms with E-state index in [4.69, 9.17) is 9.47 Å². The van der Waals surface area contributed by atoms with Gasteiger partial charge in [0.25, 0.3) is 0 Å². The van der Waals surface area contributed by atoms with Gasteiger partial charge in [0.15, 0.2) is 0 Å². The molecule has 4 nitrogen and oxygen atoms in total. The molecule has 0 saturated carbocycles. The Labute approximate surface area is 123 Å². The molecule has 2 aromatic rings. The van der Waals surface area contributed by atoms with Crippen molar-refractivity contribution in [1.29, 1.82) is 0 Å². The van der Waals surface area contributed by atoms with E-state index in [0.717, 1.165) is 24.3 Å². The highest BCUT2D eigenvalue weighted by molar-refractivity contribution is 5.91. The number of rotatable bonds is 3. The number of hydrogen-bond acceptors (Lipinski definition) is 4. The molecule has 1 heterocycles. The molecular formula is C17H17NO3. The smallest absolute Gasteiger partial charge is 0.338 e. The van der Waals surface area contributed by atoms with Gasteiger partial charge >= 0.3 is 5.97 Å². The molecule has 3 rings (SSSR count). The van der Waals surface area contributed by atoms with Crippen molar-refractivity contribution in [3.05, 3.63) is 53.1 Å². The highest BCUT2D eigenvalue weighted by atomic mass is 16.5. The van der Waals surface area contributed by atoms with Crippen molar-refractivity contribution in [3.8, 4) is 11.5 Å². The van der Waals surface area contributed by atoms with Crippen molar-refractivity contribution < 1.29 is 14.3 Å². The molecule has 0 aliphatic carbocycles. The van der Waals surface area contributed by atoms with Gasteiger partial charge in [0.2, 0.25) is 0 Å². The molecule has 4 heteroatoms. The van der Waals surface area contributed by atoms with Crippen LogP contribution in [0.5, 0.6) is 11.5 Å². The van der Waals surface area contributed by atoms with Crippen LogP contribution in [0.2, 0.25) is 0 Å². The van der Waals surface area contributed by atoms with Gasteiger partial charge in [-0.05, 0) is 54.8 Å². The third kappa shape index (κ3) is 2.70. The number of aryl methyl sites for hydroxylation is 1. The molecule has 21 heavy (non-hydrogen) atoms. The van der Waals surface area contributed by atoms with Gasteiger partial charge < -0.3 is 14.8 Å². The summed E-state index contributed by atoms with van der Waals surface area (Å²) in [5.41, 5.74) is 3.82. The second-order valence-corrected chi connectivity index (χ2v) is 5.07. The Morgan fingerprint density at radius 1 is 1.14 bits per heavy atom. The molecule has 0 atom stereocenters. The van der Waals surface area contributed by atoms with Crippen LogP contribution in [-0.4, -0.2) is 19.6 Å². The highest BCUT2D eigenvalue weighted by Crippen LogP contribution is 2.30. The number of benzene rings is 2. The Hall–Kier alpha value is -2.49. The Kier molecular flexibility index (Phi) is 3.52. The molecule has 0 spiro atoms. The van der Waals surface area contributed by atoms with Crippen LogP contribution in [0.25, 0.3) is 0 Å². The Morgan fingerprint density at radius 3 is 2.71 bits per heavy atom. The number of esters is 1. The topological polar surface area (TPSA) is 47.6 Å². The van der Waals surface area contributed by atoms with Gasteiger partial charge in [-0.1, -0.05) is 6.07 Å². The maximum Gasteiger partial charge on any atom is 0.338 e. The van der Waals surface area contributed by atoms with Crippen molar-refractivity contribution in [3.63, 3.8) is 0 Å². The van der Waals surface area contributed by atoms with E-state index in [2.05, 4.69) is 5.32 Å². The van der Waals surface area contributed by atoms with Crippen LogP contribution in [0.1, 0.15) is 21.5 Å². The molecular weight excluding hydrogens is 266 g/mol. The Morgan fingerprint density at radius 2 is 1.90 bits per heavy atom. The van der Waals surface area contributed by atoms with Crippen molar-refractivity contribution in [2.75, 3.05) is 19.0 Å². The largest absolute Gasteiger partial charge is 0.465 e. The fourth-order valence-corrected chi connectivity index (χ4v) is 2.48. The predicted molar refractivity (Wildman–Crippen MR) is 81.2 cm³/mol. The summed E-state index contributed by atoms with van der Waals surface area (Å²) in [6.45, 7) is 2.84. The summed E-state index contributed by atoms with van der Waals surface area (Å²) in [5.74, 6) is 1.06. The zero-order valence-electron chi connectivity index (χ0n) is 12.1. The van der Waals surface area contributed by atoms with E-state index in [9.17, 15) is 4.79 Å². The van der Waals surface area contributed by atoms with Gasteiger partial charge in [0.05, 0.1) is 12.7 Å². The van der Waals surface area contributed by atoms with E-state index >= 15 is 0 Å². The SMILES string of the molecule is COC(=O)c1cc(Oc2ccc3c(c2)CCN3)ccc1C. The van der Waals surface area contributed by atoms with E-state index in [1.54, 1.807) is 6.07 Å². The first-order valence-electron chi connectivity index (χ1n) is 6.91. The molecule has 0 aromatic heterocycles. The second kappa shape index (κ2) is 5.48. The summed E-state index contributed by atoms with van der Waals surface area (Å²) in [4.78, 5) is 11.7. The molecule has 1 aliphatic heterocycles. The van der Waals surface area contributed by atoms with Crippen LogP contribution in [-0.2, 0) is 11.2 Å². The van der Waals surface area contributed by atoms with E-state index < -0.39 is 0 Å². The first-order chi connectivity index (χ1) is 10.2. The number of carbonyl (C=O) groups is 1. The molecule has 108 valence electrons. The molecule has 0 saturated heterocycles. The van der Waals surface area contributed by atoms with Crippen LogP contribution in [0.3, 0.4) is 0 Å². The number of carbonyl (C=O) groups excluding carboxylic acids is 1. The minimum atomic E-state index is -0.351. The van der Waals surface area contributed by atoms with Gasteiger partial charge in [-0.3, -0.25) is 0 Å². The van der Waals surface area contributed by atoms with Gasteiger partial charge in [-0.15, -0.1) is 0 Å². The number of methoxy groups -OCH3 is 1. The summed E-state index contributed by atoms with van der Waals surface area (Å²) in [6, 6.07) is 11.4. The van der Waals surface area contributed by atoms with E-state index in [1.807, 2.05) is 37.3 Å². The van der Waals surface area contributed by atoms with Gasteiger partial charge in [0, 0.05) is 12.2 Å². The van der Waals surface area contributed by atoms with Crippen molar-refractivity contribution in [2.24, 2.45) is 0 Å². The first kappa shape index (κ1) is 13.5. The summed E-state index contributed by atoms with van der Waals surface area (Å²) in [5, 5.41) is 3.31. The quantitative estimate of drug-likeness (QED) is 0.875. The van der Waals surface area contributed by atoms with E-state index in [1.165, 1.54) is 18.4 Å². The maximum atomic E-state index is 11.7. The molecule has 0 amide bonds. The second-order valence-electron chi connectivity index (χ2n) is 5.07. The third-order valence-corrected chi connectivity index (χ3v) is 3.64. The lowest BCUT2D eigenvalue weighted by molar-refractivity contribution is 0.0599. The minimum absolute atomic E-state index is 0.351. The summed E-state index contributed by atoms with van der Waals surface area (Å²) in [6.07, 6.45) is 1.01. The Bertz CT molecular complexity index is 694. The van der Waals surface area contributed by atoms with E-state index in [0.29, 0.717) is 11.3 Å². The summed E-state index contributed by atoms with van der Waals surface area (Å²) >= 11 is 0. The zero-order valence-corrected chi connectivity index (χ0v) is 12.1. The normalized spacial score (nSPS) is 12.5. The number of hydrogen-bond donors (Lipinski definition) is 1. The van der Waals surface area contributed by atoms with Crippen LogP contribution in [0, 0.1) is 6.92 Å². The Balaban J connectivity index is 1.86. The molecule has 0 unspecified atom stereocenters. The molecule has 2 aromatic carbocycles. The third-order valence-electron chi connectivity index (χ3n) is 3.64. The van der Waals surface area contributed by atoms with Crippen LogP contribution in [0.4, 0.5) is 5.69 Å². The molecule has 1 aliphatic rings. The predicted octanol–water partition coefficient (Wildman–Crippen LogP) is 3.54. The lowest BCUT2D eigenvalue weighted by atomic mass is 10.1. The highest BCUT2D eigenvalue weighted by Gasteiger charge is 2.13.